The molecule has 0 bridgehead atoms. The lowest BCUT2D eigenvalue weighted by atomic mass is 10.0. The van der Waals surface area contributed by atoms with Gasteiger partial charge in [-0.05, 0) is 53.0 Å². The highest BCUT2D eigenvalue weighted by atomic mass is 15.2. The van der Waals surface area contributed by atoms with Gasteiger partial charge in [0.15, 0.2) is 0 Å². The molecular formula is C13H29N3. The number of rotatable bonds is 6. The molecule has 0 amide bonds. The molecule has 0 radical (unpaired) electrons. The van der Waals surface area contributed by atoms with Crippen molar-refractivity contribution < 1.29 is 0 Å². The Bertz CT molecular complexity index is 174. The first kappa shape index (κ1) is 13.9. The van der Waals surface area contributed by atoms with Crippen LogP contribution < -0.4 is 5.32 Å². The maximum atomic E-state index is 3.73. The fourth-order valence-corrected chi connectivity index (χ4v) is 2.45. The summed E-state index contributed by atoms with van der Waals surface area (Å²) in [6.45, 7) is 9.42. The van der Waals surface area contributed by atoms with E-state index in [-0.39, 0.29) is 0 Å². The molecule has 1 N–H and O–H groups in total. The molecular weight excluding hydrogens is 198 g/mol. The van der Waals surface area contributed by atoms with E-state index in [1.807, 2.05) is 0 Å². The first-order valence-electron chi connectivity index (χ1n) is 6.79. The lowest BCUT2D eigenvalue weighted by Gasteiger charge is -2.33. The second-order valence-corrected chi connectivity index (χ2v) is 5.14. The minimum atomic E-state index is 0.684. The molecule has 16 heavy (non-hydrogen) atoms. The number of likely N-dealkylation sites (N-methyl/N-ethyl adjacent to an activating group) is 1. The SMILES string of the molecule is CCC(CNC1CCN(CC)CC1)N(C)C. The summed E-state index contributed by atoms with van der Waals surface area (Å²) in [7, 11) is 4.35. The van der Waals surface area contributed by atoms with E-state index in [2.05, 4.69) is 43.1 Å². The van der Waals surface area contributed by atoms with Crippen LogP contribution in [0.4, 0.5) is 0 Å². The van der Waals surface area contributed by atoms with E-state index < -0.39 is 0 Å². The predicted molar refractivity (Wildman–Crippen MR) is 70.9 cm³/mol. The second kappa shape index (κ2) is 7.25. The van der Waals surface area contributed by atoms with Gasteiger partial charge in [0.25, 0.3) is 0 Å². The van der Waals surface area contributed by atoms with E-state index in [9.17, 15) is 0 Å². The van der Waals surface area contributed by atoms with Crippen LogP contribution >= 0.6 is 0 Å². The van der Waals surface area contributed by atoms with Crippen LogP contribution in [-0.2, 0) is 0 Å². The zero-order valence-corrected chi connectivity index (χ0v) is 11.5. The summed E-state index contributed by atoms with van der Waals surface area (Å²) < 4.78 is 0. The van der Waals surface area contributed by atoms with Crippen LogP contribution in [0.3, 0.4) is 0 Å². The van der Waals surface area contributed by atoms with Crippen LogP contribution in [-0.4, -0.2) is 62.2 Å². The monoisotopic (exact) mass is 227 g/mol. The van der Waals surface area contributed by atoms with Crippen molar-refractivity contribution in [2.75, 3.05) is 40.3 Å². The molecule has 1 saturated heterocycles. The molecule has 3 heteroatoms. The normalized spacial score (nSPS) is 21.6. The van der Waals surface area contributed by atoms with E-state index in [0.717, 1.165) is 12.6 Å². The van der Waals surface area contributed by atoms with Gasteiger partial charge in [-0.15, -0.1) is 0 Å². The Morgan fingerprint density at radius 1 is 1.25 bits per heavy atom. The van der Waals surface area contributed by atoms with Crippen LogP contribution in [0.5, 0.6) is 0 Å². The zero-order chi connectivity index (χ0) is 12.0. The van der Waals surface area contributed by atoms with E-state index in [1.165, 1.54) is 38.9 Å². The second-order valence-electron chi connectivity index (χ2n) is 5.14. The highest BCUT2D eigenvalue weighted by molar-refractivity contribution is 4.78. The molecule has 1 aliphatic rings. The van der Waals surface area contributed by atoms with Crippen molar-refractivity contribution in [1.29, 1.82) is 0 Å². The molecule has 1 fully saturated rings. The van der Waals surface area contributed by atoms with Crippen molar-refractivity contribution in [2.24, 2.45) is 0 Å². The summed E-state index contributed by atoms with van der Waals surface area (Å²) in [5.41, 5.74) is 0. The maximum absolute atomic E-state index is 3.73. The Morgan fingerprint density at radius 3 is 2.31 bits per heavy atom. The van der Waals surface area contributed by atoms with E-state index >= 15 is 0 Å². The molecule has 96 valence electrons. The molecule has 0 aliphatic carbocycles. The van der Waals surface area contributed by atoms with E-state index in [1.54, 1.807) is 0 Å². The summed E-state index contributed by atoms with van der Waals surface area (Å²) >= 11 is 0. The van der Waals surface area contributed by atoms with Crippen LogP contribution in [0.25, 0.3) is 0 Å². The Morgan fingerprint density at radius 2 is 1.88 bits per heavy atom. The smallest absolute Gasteiger partial charge is 0.0212 e. The summed E-state index contributed by atoms with van der Waals surface area (Å²) in [6.07, 6.45) is 3.86. The lowest BCUT2D eigenvalue weighted by Crippen LogP contribution is -2.46. The van der Waals surface area contributed by atoms with Gasteiger partial charge in [0, 0.05) is 18.6 Å². The van der Waals surface area contributed by atoms with E-state index in [4.69, 9.17) is 0 Å². The van der Waals surface area contributed by atoms with Crippen molar-refractivity contribution >= 4 is 0 Å². The van der Waals surface area contributed by atoms with Crippen molar-refractivity contribution in [2.45, 2.75) is 45.2 Å². The fraction of sp³-hybridized carbons (Fsp3) is 1.00. The molecule has 0 spiro atoms. The molecule has 0 aromatic rings. The van der Waals surface area contributed by atoms with Crippen molar-refractivity contribution in [3.63, 3.8) is 0 Å². The topological polar surface area (TPSA) is 18.5 Å². The standard InChI is InChI=1S/C13H29N3/c1-5-13(15(3)4)11-14-12-7-9-16(6-2)10-8-12/h12-14H,5-11H2,1-4H3. The number of hydrogen-bond acceptors (Lipinski definition) is 3. The predicted octanol–water partition coefficient (Wildman–Crippen LogP) is 1.40. The van der Waals surface area contributed by atoms with Gasteiger partial charge in [-0.2, -0.15) is 0 Å². The molecule has 1 heterocycles. The van der Waals surface area contributed by atoms with Crippen molar-refractivity contribution in [1.82, 2.24) is 15.1 Å². The first-order valence-corrected chi connectivity index (χ1v) is 6.79. The van der Waals surface area contributed by atoms with Gasteiger partial charge in [0.05, 0.1) is 0 Å². The molecule has 1 aliphatic heterocycles. The zero-order valence-electron chi connectivity index (χ0n) is 11.5. The summed E-state index contributed by atoms with van der Waals surface area (Å²) in [5, 5.41) is 3.73. The number of hydrogen-bond donors (Lipinski definition) is 1. The van der Waals surface area contributed by atoms with Gasteiger partial charge in [-0.3, -0.25) is 0 Å². The highest BCUT2D eigenvalue weighted by Gasteiger charge is 2.18. The fourth-order valence-electron chi connectivity index (χ4n) is 2.45. The first-order chi connectivity index (χ1) is 7.67. The Labute approximate surface area is 101 Å². The average molecular weight is 227 g/mol. The maximum Gasteiger partial charge on any atom is 0.0212 e. The van der Waals surface area contributed by atoms with Crippen LogP contribution in [0.1, 0.15) is 33.1 Å². The average Bonchev–Trinajstić information content (AvgIpc) is 2.30. The van der Waals surface area contributed by atoms with Crippen LogP contribution in [0.2, 0.25) is 0 Å². The Balaban J connectivity index is 2.18. The Kier molecular flexibility index (Phi) is 6.32. The van der Waals surface area contributed by atoms with Gasteiger partial charge in [0.2, 0.25) is 0 Å². The van der Waals surface area contributed by atoms with Gasteiger partial charge in [-0.25, -0.2) is 0 Å². The summed E-state index contributed by atoms with van der Waals surface area (Å²) in [6, 6.07) is 1.43. The number of nitrogens with zero attached hydrogens (tertiary/aromatic N) is 2. The number of likely N-dealkylation sites (tertiary alicyclic amines) is 1. The third kappa shape index (κ3) is 4.40. The molecule has 1 unspecified atom stereocenters. The molecule has 0 aromatic heterocycles. The van der Waals surface area contributed by atoms with Crippen molar-refractivity contribution in [3.8, 4) is 0 Å². The minimum Gasteiger partial charge on any atom is -0.312 e. The van der Waals surface area contributed by atoms with Crippen LogP contribution in [0.15, 0.2) is 0 Å². The minimum absolute atomic E-state index is 0.684. The van der Waals surface area contributed by atoms with E-state index in [0.29, 0.717) is 6.04 Å². The number of nitrogens with one attached hydrogen (secondary N) is 1. The molecule has 1 atom stereocenters. The Hall–Kier alpha value is -0.120. The lowest BCUT2D eigenvalue weighted by molar-refractivity contribution is 0.194. The van der Waals surface area contributed by atoms with Gasteiger partial charge < -0.3 is 15.1 Å². The quantitative estimate of drug-likeness (QED) is 0.740. The third-order valence-corrected chi connectivity index (χ3v) is 3.88. The summed E-state index contributed by atoms with van der Waals surface area (Å²) in [4.78, 5) is 4.87. The molecule has 1 rings (SSSR count). The number of piperidine rings is 1. The molecule has 3 nitrogen and oxygen atoms in total. The van der Waals surface area contributed by atoms with Gasteiger partial charge >= 0.3 is 0 Å². The largest absolute Gasteiger partial charge is 0.312 e. The highest BCUT2D eigenvalue weighted by Crippen LogP contribution is 2.10. The summed E-state index contributed by atoms with van der Waals surface area (Å²) in [5.74, 6) is 0. The van der Waals surface area contributed by atoms with Crippen molar-refractivity contribution in [3.05, 3.63) is 0 Å². The molecule has 0 saturated carbocycles. The van der Waals surface area contributed by atoms with Gasteiger partial charge in [0.1, 0.15) is 0 Å². The van der Waals surface area contributed by atoms with Crippen LogP contribution in [0, 0.1) is 0 Å². The molecule has 0 aromatic carbocycles. The third-order valence-electron chi connectivity index (χ3n) is 3.88. The van der Waals surface area contributed by atoms with Gasteiger partial charge in [-0.1, -0.05) is 13.8 Å².